The van der Waals surface area contributed by atoms with Gasteiger partial charge >= 0.3 is 0 Å². The average molecular weight is 131 g/mol. The molecule has 0 amide bonds. The first-order valence-electron chi connectivity index (χ1n) is 3.19. The van der Waals surface area contributed by atoms with Gasteiger partial charge in [-0.3, -0.25) is 0 Å². The minimum absolute atomic E-state index is 0.725. The molecule has 0 bridgehead atoms. The number of nitrogens with zero attached hydrogens (tertiary/aromatic N) is 1. The zero-order chi connectivity index (χ0) is 7.56. The van der Waals surface area contributed by atoms with Crippen molar-refractivity contribution >= 4 is 5.69 Å². The lowest BCUT2D eigenvalue weighted by Gasteiger charge is -1.97. The molecule has 1 nitrogen and oxygen atoms in total. The second kappa shape index (κ2) is 2.53. The molecule has 1 rings (SSSR count). The number of aryl methyl sites for hydroxylation is 2. The highest BCUT2D eigenvalue weighted by molar-refractivity contribution is 5.48. The number of hydrogen-bond donors (Lipinski definition) is 0. The van der Waals surface area contributed by atoms with Crippen molar-refractivity contribution in [2.75, 3.05) is 0 Å². The van der Waals surface area contributed by atoms with Gasteiger partial charge in [0.05, 0.1) is 6.57 Å². The van der Waals surface area contributed by atoms with E-state index in [9.17, 15) is 0 Å². The summed E-state index contributed by atoms with van der Waals surface area (Å²) in [5, 5.41) is 0. The van der Waals surface area contributed by atoms with Crippen molar-refractivity contribution in [1.82, 2.24) is 0 Å². The maximum Gasteiger partial charge on any atom is 0.187 e. The second-order valence-corrected chi connectivity index (χ2v) is 2.38. The number of benzene rings is 1. The summed E-state index contributed by atoms with van der Waals surface area (Å²) in [4.78, 5) is 3.32. The summed E-state index contributed by atoms with van der Waals surface area (Å²) in [5.41, 5.74) is 3.16. The van der Waals surface area contributed by atoms with E-state index in [1.54, 1.807) is 0 Å². The highest BCUT2D eigenvalue weighted by Gasteiger charge is 1.92. The van der Waals surface area contributed by atoms with Gasteiger partial charge in [0.2, 0.25) is 0 Å². The quantitative estimate of drug-likeness (QED) is 0.477. The second-order valence-electron chi connectivity index (χ2n) is 2.38. The molecule has 0 fully saturated rings. The molecule has 0 spiro atoms. The van der Waals surface area contributed by atoms with Gasteiger partial charge in [-0.1, -0.05) is 29.3 Å². The van der Waals surface area contributed by atoms with E-state index in [0.29, 0.717) is 0 Å². The van der Waals surface area contributed by atoms with Crippen LogP contribution in [0.3, 0.4) is 0 Å². The normalized spacial score (nSPS) is 8.90. The van der Waals surface area contributed by atoms with Crippen LogP contribution in [0.2, 0.25) is 0 Å². The van der Waals surface area contributed by atoms with Gasteiger partial charge < -0.3 is 0 Å². The molecule has 0 heterocycles. The fraction of sp³-hybridized carbons (Fsp3) is 0.222. The van der Waals surface area contributed by atoms with Crippen LogP contribution in [0.4, 0.5) is 5.69 Å². The third-order valence-corrected chi connectivity index (χ3v) is 1.62. The van der Waals surface area contributed by atoms with Crippen LogP contribution in [-0.4, -0.2) is 0 Å². The first-order chi connectivity index (χ1) is 4.74. The van der Waals surface area contributed by atoms with Crippen LogP contribution in [0.25, 0.3) is 4.85 Å². The van der Waals surface area contributed by atoms with Gasteiger partial charge in [0, 0.05) is 0 Å². The molecular weight excluding hydrogens is 122 g/mol. The maximum atomic E-state index is 6.74. The van der Waals surface area contributed by atoms with Gasteiger partial charge in [0.15, 0.2) is 5.69 Å². The lowest BCUT2D eigenvalue weighted by molar-refractivity contribution is 1.35. The van der Waals surface area contributed by atoms with Crippen LogP contribution in [-0.2, 0) is 0 Å². The molecule has 1 aromatic rings. The van der Waals surface area contributed by atoms with Crippen molar-refractivity contribution in [1.29, 1.82) is 0 Å². The van der Waals surface area contributed by atoms with E-state index in [2.05, 4.69) is 4.85 Å². The van der Waals surface area contributed by atoms with E-state index in [1.807, 2.05) is 32.0 Å². The predicted molar refractivity (Wildman–Crippen MR) is 42.2 cm³/mol. The predicted octanol–water partition coefficient (Wildman–Crippen LogP) is 2.85. The lowest BCUT2D eigenvalue weighted by atomic mass is 10.1. The third kappa shape index (κ3) is 1.16. The van der Waals surface area contributed by atoms with E-state index in [0.717, 1.165) is 5.69 Å². The van der Waals surface area contributed by atoms with Gasteiger partial charge in [-0.25, -0.2) is 4.85 Å². The molecule has 0 saturated carbocycles. The third-order valence-electron chi connectivity index (χ3n) is 1.62. The van der Waals surface area contributed by atoms with Gasteiger partial charge in [-0.15, -0.1) is 0 Å². The monoisotopic (exact) mass is 131 g/mol. The van der Waals surface area contributed by atoms with Crippen molar-refractivity contribution in [2.45, 2.75) is 13.8 Å². The molecule has 0 radical (unpaired) electrons. The first kappa shape index (κ1) is 6.82. The molecule has 0 saturated heterocycles. The minimum atomic E-state index is 0.725. The largest absolute Gasteiger partial charge is 0.238 e. The molecule has 0 aromatic heterocycles. The molecule has 0 aliphatic carbocycles. The summed E-state index contributed by atoms with van der Waals surface area (Å²) in [7, 11) is 0. The Labute approximate surface area is 61.1 Å². The van der Waals surface area contributed by atoms with Crippen LogP contribution < -0.4 is 0 Å². The zero-order valence-corrected chi connectivity index (χ0v) is 6.18. The van der Waals surface area contributed by atoms with Crippen molar-refractivity contribution in [3.63, 3.8) is 0 Å². The van der Waals surface area contributed by atoms with Crippen molar-refractivity contribution < 1.29 is 0 Å². The first-order valence-corrected chi connectivity index (χ1v) is 3.19. The van der Waals surface area contributed by atoms with Gasteiger partial charge in [0.25, 0.3) is 0 Å². The Kier molecular flexibility index (Phi) is 1.73. The summed E-state index contributed by atoms with van der Waals surface area (Å²) in [5.74, 6) is 0. The standard InChI is InChI=1S/C9H9N/c1-7-4-5-9(10-3)6-8(7)2/h4-6H,1-2H3. The van der Waals surface area contributed by atoms with Crippen LogP contribution >= 0.6 is 0 Å². The molecule has 0 aliphatic heterocycles. The van der Waals surface area contributed by atoms with E-state index < -0.39 is 0 Å². The molecular formula is C9H9N. The lowest BCUT2D eigenvalue weighted by Crippen LogP contribution is -1.76. The molecule has 0 N–H and O–H groups in total. The van der Waals surface area contributed by atoms with Gasteiger partial charge in [0.1, 0.15) is 0 Å². The molecule has 0 atom stereocenters. The van der Waals surface area contributed by atoms with E-state index in [4.69, 9.17) is 6.57 Å². The smallest absolute Gasteiger partial charge is 0.187 e. The van der Waals surface area contributed by atoms with Gasteiger partial charge in [-0.2, -0.15) is 0 Å². The fourth-order valence-electron chi connectivity index (χ4n) is 0.795. The Bertz CT molecular complexity index is 281. The topological polar surface area (TPSA) is 4.36 Å². The van der Waals surface area contributed by atoms with Crippen LogP contribution in [0.15, 0.2) is 18.2 Å². The van der Waals surface area contributed by atoms with Crippen LogP contribution in [0.5, 0.6) is 0 Å². The molecule has 10 heavy (non-hydrogen) atoms. The van der Waals surface area contributed by atoms with E-state index in [1.165, 1.54) is 11.1 Å². The van der Waals surface area contributed by atoms with Crippen molar-refractivity contribution in [2.24, 2.45) is 0 Å². The number of rotatable bonds is 0. The molecule has 50 valence electrons. The summed E-state index contributed by atoms with van der Waals surface area (Å²) in [6, 6.07) is 5.72. The SMILES string of the molecule is [C-]#[N+]c1ccc(C)c(C)c1. The summed E-state index contributed by atoms with van der Waals surface area (Å²) >= 11 is 0. The molecule has 0 aliphatic rings. The molecule has 1 heteroatoms. The summed E-state index contributed by atoms with van der Waals surface area (Å²) in [6.45, 7) is 10.8. The number of hydrogen-bond acceptors (Lipinski definition) is 0. The zero-order valence-electron chi connectivity index (χ0n) is 6.18. The Morgan fingerprint density at radius 3 is 2.40 bits per heavy atom. The van der Waals surface area contributed by atoms with E-state index in [-0.39, 0.29) is 0 Å². The maximum absolute atomic E-state index is 6.74. The Morgan fingerprint density at radius 2 is 1.90 bits per heavy atom. The Hall–Kier alpha value is -1.29. The highest BCUT2D eigenvalue weighted by atomic mass is 14.6. The van der Waals surface area contributed by atoms with Crippen molar-refractivity contribution in [3.05, 3.63) is 40.7 Å². The van der Waals surface area contributed by atoms with Crippen LogP contribution in [0, 0.1) is 20.4 Å². The Morgan fingerprint density at radius 1 is 1.20 bits per heavy atom. The van der Waals surface area contributed by atoms with E-state index >= 15 is 0 Å². The average Bonchev–Trinajstić information content (AvgIpc) is 1.95. The minimum Gasteiger partial charge on any atom is -0.238 e. The summed E-state index contributed by atoms with van der Waals surface area (Å²) < 4.78 is 0. The molecule has 0 unspecified atom stereocenters. The van der Waals surface area contributed by atoms with Gasteiger partial charge in [-0.05, 0) is 13.8 Å². The Balaban J connectivity index is 3.20. The fourth-order valence-corrected chi connectivity index (χ4v) is 0.795. The molecule has 1 aromatic carbocycles. The van der Waals surface area contributed by atoms with Crippen molar-refractivity contribution in [3.8, 4) is 0 Å². The summed E-state index contributed by atoms with van der Waals surface area (Å²) in [6.07, 6.45) is 0. The van der Waals surface area contributed by atoms with Crippen LogP contribution in [0.1, 0.15) is 11.1 Å². The highest BCUT2D eigenvalue weighted by Crippen LogP contribution is 2.16.